The molecule has 0 spiro atoms. The highest BCUT2D eigenvalue weighted by Crippen LogP contribution is 2.18. The van der Waals surface area contributed by atoms with Crippen LogP contribution in [0, 0.1) is 0 Å². The Balaban J connectivity index is 1.85. The van der Waals surface area contributed by atoms with Gasteiger partial charge in [-0.15, -0.1) is 21.5 Å². The van der Waals surface area contributed by atoms with E-state index in [1.807, 2.05) is 17.5 Å². The monoisotopic (exact) mass is 281 g/mol. The van der Waals surface area contributed by atoms with Crippen molar-refractivity contribution in [3.63, 3.8) is 0 Å². The van der Waals surface area contributed by atoms with Crippen molar-refractivity contribution in [3.8, 4) is 0 Å². The van der Waals surface area contributed by atoms with Crippen LogP contribution >= 0.6 is 22.7 Å². The van der Waals surface area contributed by atoms with Gasteiger partial charge in [-0.3, -0.25) is 4.79 Å². The normalized spacial score (nSPS) is 10.5. The number of nitrogens with zero attached hydrogens (tertiary/aromatic N) is 2. The Labute approximate surface area is 114 Å². The highest BCUT2D eigenvalue weighted by atomic mass is 32.1. The number of nitrogens with one attached hydrogen (secondary N) is 1. The number of anilines is 1. The van der Waals surface area contributed by atoms with Crippen molar-refractivity contribution in [1.29, 1.82) is 0 Å². The maximum absolute atomic E-state index is 11.7. The van der Waals surface area contributed by atoms with Gasteiger partial charge in [0.05, 0.1) is 6.42 Å². The Kier molecular flexibility index (Phi) is 4.83. The summed E-state index contributed by atoms with van der Waals surface area (Å²) in [5, 5.41) is 14.4. The SMILES string of the molecule is CCCCc1nnc(NC(=O)Cc2cccs2)s1. The highest BCUT2D eigenvalue weighted by Gasteiger charge is 2.09. The number of aryl methyl sites for hydroxylation is 1. The fourth-order valence-electron chi connectivity index (χ4n) is 1.47. The molecule has 1 amide bonds. The number of hydrogen-bond acceptors (Lipinski definition) is 5. The van der Waals surface area contributed by atoms with E-state index >= 15 is 0 Å². The molecule has 0 saturated heterocycles. The molecular weight excluding hydrogens is 266 g/mol. The highest BCUT2D eigenvalue weighted by molar-refractivity contribution is 7.15. The summed E-state index contributed by atoms with van der Waals surface area (Å²) in [5.41, 5.74) is 0. The second-order valence-corrected chi connectivity index (χ2v) is 6.00. The maximum atomic E-state index is 11.7. The van der Waals surface area contributed by atoms with E-state index in [-0.39, 0.29) is 5.91 Å². The van der Waals surface area contributed by atoms with Crippen LogP contribution in [-0.4, -0.2) is 16.1 Å². The number of amides is 1. The molecule has 0 aromatic carbocycles. The third-order valence-corrected chi connectivity index (χ3v) is 4.15. The van der Waals surface area contributed by atoms with E-state index < -0.39 is 0 Å². The lowest BCUT2D eigenvalue weighted by atomic mass is 10.3. The van der Waals surface area contributed by atoms with E-state index in [2.05, 4.69) is 22.4 Å². The van der Waals surface area contributed by atoms with E-state index in [0.29, 0.717) is 11.6 Å². The number of thiophene rings is 1. The Hall–Kier alpha value is -1.27. The zero-order valence-corrected chi connectivity index (χ0v) is 11.8. The smallest absolute Gasteiger partial charge is 0.231 e. The van der Waals surface area contributed by atoms with Gasteiger partial charge in [0.15, 0.2) is 0 Å². The second kappa shape index (κ2) is 6.61. The predicted molar refractivity (Wildman–Crippen MR) is 75.2 cm³/mol. The lowest BCUT2D eigenvalue weighted by molar-refractivity contribution is -0.115. The van der Waals surface area contributed by atoms with E-state index in [4.69, 9.17) is 0 Å². The predicted octanol–water partition coefficient (Wildman–Crippen LogP) is 3.12. The first-order chi connectivity index (χ1) is 8.78. The summed E-state index contributed by atoms with van der Waals surface area (Å²) in [6.07, 6.45) is 3.59. The Morgan fingerprint density at radius 1 is 1.44 bits per heavy atom. The van der Waals surface area contributed by atoms with Gasteiger partial charge in [0.25, 0.3) is 0 Å². The number of unbranched alkanes of at least 4 members (excludes halogenated alkanes) is 1. The molecule has 2 heterocycles. The fraction of sp³-hybridized carbons (Fsp3) is 0.417. The van der Waals surface area contributed by atoms with Gasteiger partial charge in [0.2, 0.25) is 11.0 Å². The zero-order chi connectivity index (χ0) is 12.8. The number of rotatable bonds is 6. The quantitative estimate of drug-likeness (QED) is 0.885. The van der Waals surface area contributed by atoms with Gasteiger partial charge >= 0.3 is 0 Å². The third kappa shape index (κ3) is 3.89. The van der Waals surface area contributed by atoms with Crippen LogP contribution in [0.2, 0.25) is 0 Å². The largest absolute Gasteiger partial charge is 0.300 e. The van der Waals surface area contributed by atoms with Crippen molar-refractivity contribution < 1.29 is 4.79 Å². The van der Waals surface area contributed by atoms with E-state index in [0.717, 1.165) is 29.1 Å². The van der Waals surface area contributed by atoms with Crippen LogP contribution in [0.5, 0.6) is 0 Å². The molecule has 0 unspecified atom stereocenters. The maximum Gasteiger partial charge on any atom is 0.231 e. The molecular formula is C12H15N3OS2. The lowest BCUT2D eigenvalue weighted by Crippen LogP contribution is -2.13. The minimum atomic E-state index is -0.0318. The minimum Gasteiger partial charge on any atom is -0.300 e. The molecule has 0 aliphatic rings. The van der Waals surface area contributed by atoms with Gasteiger partial charge in [-0.25, -0.2) is 0 Å². The first-order valence-electron chi connectivity index (χ1n) is 5.92. The first-order valence-corrected chi connectivity index (χ1v) is 7.62. The van der Waals surface area contributed by atoms with Crippen LogP contribution in [-0.2, 0) is 17.6 Å². The topological polar surface area (TPSA) is 54.9 Å². The minimum absolute atomic E-state index is 0.0318. The van der Waals surface area contributed by atoms with Crippen molar-refractivity contribution in [2.45, 2.75) is 32.6 Å². The average Bonchev–Trinajstić information content (AvgIpc) is 2.98. The van der Waals surface area contributed by atoms with E-state index in [9.17, 15) is 4.79 Å². The molecule has 0 saturated carbocycles. The van der Waals surface area contributed by atoms with Crippen molar-refractivity contribution >= 4 is 33.7 Å². The summed E-state index contributed by atoms with van der Waals surface area (Å²) in [7, 11) is 0. The summed E-state index contributed by atoms with van der Waals surface area (Å²) >= 11 is 3.05. The molecule has 4 nitrogen and oxygen atoms in total. The number of aromatic nitrogens is 2. The number of carbonyl (C=O) groups excluding carboxylic acids is 1. The molecule has 0 bridgehead atoms. The fourth-order valence-corrected chi connectivity index (χ4v) is 2.97. The van der Waals surface area contributed by atoms with Gasteiger partial charge in [0, 0.05) is 11.3 Å². The zero-order valence-electron chi connectivity index (χ0n) is 10.2. The molecule has 2 aromatic heterocycles. The molecule has 18 heavy (non-hydrogen) atoms. The van der Waals surface area contributed by atoms with Crippen molar-refractivity contribution in [3.05, 3.63) is 27.4 Å². The summed E-state index contributed by atoms with van der Waals surface area (Å²) in [6, 6.07) is 3.90. The summed E-state index contributed by atoms with van der Waals surface area (Å²) in [4.78, 5) is 12.8. The van der Waals surface area contributed by atoms with Crippen LogP contribution in [0.1, 0.15) is 29.7 Å². The van der Waals surface area contributed by atoms with E-state index in [1.54, 1.807) is 11.3 Å². The lowest BCUT2D eigenvalue weighted by Gasteiger charge is -1.98. The van der Waals surface area contributed by atoms with Gasteiger partial charge < -0.3 is 5.32 Å². The summed E-state index contributed by atoms with van der Waals surface area (Å²) in [5.74, 6) is -0.0318. The van der Waals surface area contributed by atoms with Crippen LogP contribution < -0.4 is 5.32 Å². The summed E-state index contributed by atoms with van der Waals surface area (Å²) in [6.45, 7) is 2.14. The van der Waals surface area contributed by atoms with Gasteiger partial charge in [0.1, 0.15) is 5.01 Å². The molecule has 1 N–H and O–H groups in total. The molecule has 2 rings (SSSR count). The number of hydrogen-bond donors (Lipinski definition) is 1. The van der Waals surface area contributed by atoms with Crippen LogP contribution in [0.25, 0.3) is 0 Å². The van der Waals surface area contributed by atoms with Gasteiger partial charge in [-0.2, -0.15) is 0 Å². The molecule has 6 heteroatoms. The van der Waals surface area contributed by atoms with Gasteiger partial charge in [-0.05, 0) is 17.9 Å². The van der Waals surface area contributed by atoms with Crippen LogP contribution in [0.15, 0.2) is 17.5 Å². The molecule has 0 aliphatic heterocycles. The molecule has 0 aliphatic carbocycles. The molecule has 0 radical (unpaired) electrons. The van der Waals surface area contributed by atoms with Crippen molar-refractivity contribution in [2.24, 2.45) is 0 Å². The van der Waals surface area contributed by atoms with Crippen molar-refractivity contribution in [2.75, 3.05) is 5.32 Å². The molecule has 0 atom stereocenters. The molecule has 0 fully saturated rings. The number of carbonyl (C=O) groups is 1. The standard InChI is InChI=1S/C12H15N3OS2/c1-2-3-6-11-14-15-12(18-11)13-10(16)8-9-5-4-7-17-9/h4-5,7H,2-3,6,8H2,1H3,(H,13,15,16). The van der Waals surface area contributed by atoms with Crippen molar-refractivity contribution in [1.82, 2.24) is 10.2 Å². The second-order valence-electron chi connectivity index (χ2n) is 3.91. The first kappa shape index (κ1) is 13.2. The molecule has 2 aromatic rings. The Bertz CT molecular complexity index is 493. The van der Waals surface area contributed by atoms with Crippen LogP contribution in [0.3, 0.4) is 0 Å². The Morgan fingerprint density at radius 3 is 3.06 bits per heavy atom. The van der Waals surface area contributed by atoms with Gasteiger partial charge in [-0.1, -0.05) is 30.7 Å². The Morgan fingerprint density at radius 2 is 2.33 bits per heavy atom. The van der Waals surface area contributed by atoms with Crippen LogP contribution in [0.4, 0.5) is 5.13 Å². The summed E-state index contributed by atoms with van der Waals surface area (Å²) < 4.78 is 0. The van der Waals surface area contributed by atoms with E-state index in [1.165, 1.54) is 11.3 Å². The third-order valence-electron chi connectivity index (χ3n) is 2.37. The average molecular weight is 281 g/mol. The molecule has 96 valence electrons.